The number of methoxy groups -OCH3 is 2. The van der Waals surface area contributed by atoms with Gasteiger partial charge in [-0.1, -0.05) is 5.16 Å². The summed E-state index contributed by atoms with van der Waals surface area (Å²) in [7, 11) is -4.66. The molecule has 38 heavy (non-hydrogen) atoms. The molecule has 2 aromatic heterocycles. The van der Waals surface area contributed by atoms with Crippen LogP contribution in [0.3, 0.4) is 0 Å². The summed E-state index contributed by atoms with van der Waals surface area (Å²) in [4.78, 5) is 7.96. The molecule has 14 nitrogen and oxygen atoms in total. The summed E-state index contributed by atoms with van der Waals surface area (Å²) in [5.41, 5.74) is 12.0. The van der Waals surface area contributed by atoms with Crippen molar-refractivity contribution in [3.05, 3.63) is 66.4 Å². The fourth-order valence-corrected chi connectivity index (χ4v) is 4.73. The monoisotopic (exact) mass is 563 g/mol. The smallest absolute Gasteiger partial charge is 0.321 e. The molecule has 0 unspecified atom stereocenters. The van der Waals surface area contributed by atoms with Crippen molar-refractivity contribution < 1.29 is 30.8 Å². The van der Waals surface area contributed by atoms with E-state index in [-0.39, 0.29) is 33.3 Å². The van der Waals surface area contributed by atoms with Crippen molar-refractivity contribution in [1.29, 1.82) is 0 Å². The molecule has 0 saturated heterocycles. The average molecular weight is 564 g/mol. The Morgan fingerprint density at radius 2 is 1.24 bits per heavy atom. The minimum absolute atomic E-state index is 0.00986. The maximum Gasteiger partial charge on any atom is 0.321 e. The Bertz CT molecular complexity index is 1570. The maximum absolute atomic E-state index is 12.2. The summed E-state index contributed by atoms with van der Waals surface area (Å²) >= 11 is 0. The molecule has 0 aliphatic carbocycles. The number of nitrogens with one attached hydrogen (secondary N) is 2. The molecular formula is C22H25N7O7S2. The highest BCUT2D eigenvalue weighted by molar-refractivity contribution is 7.93. The zero-order chi connectivity index (χ0) is 27.9. The number of nitrogen functional groups attached to an aromatic ring is 2. The highest BCUT2D eigenvalue weighted by Gasteiger charge is 2.17. The molecule has 2 aromatic carbocycles. The number of nitrogens with zero attached hydrogens (tertiary/aromatic N) is 3. The fraction of sp³-hybridized carbons (Fsp3) is 0.136. The number of aryl methyl sites for hydroxylation is 1. The standard InChI is InChI=1S/C12H14N4O4S.C10H11N3O3S/c1-19-11-7-10(14-12(15-11)20-2)16-21(17,18)9-5-3-8(13)4-6-9;1-7-6-10(12-16-7)13-17(14,15)9-4-2-8(11)3-5-9/h3-7H,13H2,1-2H3,(H,14,15,16);2-6H,11H2,1H3,(H,12,13). The van der Waals surface area contributed by atoms with Gasteiger partial charge in [0.05, 0.1) is 24.0 Å². The third kappa shape index (κ3) is 7.47. The van der Waals surface area contributed by atoms with Crippen LogP contribution in [0.15, 0.2) is 75.0 Å². The van der Waals surface area contributed by atoms with Crippen LogP contribution in [0.25, 0.3) is 0 Å². The van der Waals surface area contributed by atoms with Gasteiger partial charge in [-0.25, -0.2) is 16.8 Å². The molecule has 4 aromatic rings. The SMILES string of the molecule is COc1cc(NS(=O)(=O)c2ccc(N)cc2)nc(OC)n1.Cc1cc(NS(=O)(=O)c2ccc(N)cc2)no1. The number of anilines is 4. The van der Waals surface area contributed by atoms with Crippen LogP contribution in [0.4, 0.5) is 23.0 Å². The first kappa shape index (κ1) is 28.0. The van der Waals surface area contributed by atoms with Crippen LogP contribution in [0, 0.1) is 6.92 Å². The number of nitrogens with two attached hydrogens (primary N) is 2. The molecule has 0 saturated carbocycles. The van der Waals surface area contributed by atoms with Crippen LogP contribution >= 0.6 is 0 Å². The van der Waals surface area contributed by atoms with Crippen molar-refractivity contribution in [2.75, 3.05) is 35.1 Å². The van der Waals surface area contributed by atoms with Gasteiger partial charge in [0.15, 0.2) is 11.6 Å². The minimum atomic E-state index is -3.79. The predicted molar refractivity (Wildman–Crippen MR) is 140 cm³/mol. The van der Waals surface area contributed by atoms with Crippen molar-refractivity contribution >= 4 is 43.1 Å². The highest BCUT2D eigenvalue weighted by Crippen LogP contribution is 2.21. The number of ether oxygens (including phenoxy) is 2. The number of aromatic nitrogens is 3. The van der Waals surface area contributed by atoms with Gasteiger partial charge < -0.3 is 25.5 Å². The van der Waals surface area contributed by atoms with E-state index in [1.54, 1.807) is 6.92 Å². The van der Waals surface area contributed by atoms with Crippen molar-refractivity contribution in [2.24, 2.45) is 0 Å². The largest absolute Gasteiger partial charge is 0.481 e. The van der Waals surface area contributed by atoms with Crippen LogP contribution in [0.2, 0.25) is 0 Å². The van der Waals surface area contributed by atoms with Crippen LogP contribution in [-0.4, -0.2) is 46.2 Å². The van der Waals surface area contributed by atoms with Crippen molar-refractivity contribution in [2.45, 2.75) is 16.7 Å². The molecule has 0 atom stereocenters. The first-order chi connectivity index (χ1) is 17.9. The van der Waals surface area contributed by atoms with Gasteiger partial charge in [0, 0.05) is 23.5 Å². The first-order valence-electron chi connectivity index (χ1n) is 10.6. The van der Waals surface area contributed by atoms with E-state index in [0.717, 1.165) is 0 Å². The van der Waals surface area contributed by atoms with Crippen LogP contribution in [-0.2, 0) is 20.0 Å². The summed E-state index contributed by atoms with van der Waals surface area (Å²) in [6.45, 7) is 1.67. The number of hydrogen-bond acceptors (Lipinski definition) is 12. The van der Waals surface area contributed by atoms with Crippen LogP contribution in [0.5, 0.6) is 11.9 Å². The van der Waals surface area contributed by atoms with Crippen molar-refractivity contribution in [3.63, 3.8) is 0 Å². The predicted octanol–water partition coefficient (Wildman–Crippen LogP) is 2.24. The Labute approximate surface area is 219 Å². The Morgan fingerprint density at radius 1 is 0.737 bits per heavy atom. The highest BCUT2D eigenvalue weighted by atomic mass is 32.2. The first-order valence-corrected chi connectivity index (χ1v) is 13.6. The normalized spacial score (nSPS) is 11.1. The quantitative estimate of drug-likeness (QED) is 0.227. The molecular weight excluding hydrogens is 538 g/mol. The molecule has 0 spiro atoms. The second kappa shape index (κ2) is 11.7. The van der Waals surface area contributed by atoms with Gasteiger partial charge in [-0.3, -0.25) is 9.44 Å². The van der Waals surface area contributed by atoms with Gasteiger partial charge in [-0.15, -0.1) is 0 Å². The van der Waals surface area contributed by atoms with E-state index >= 15 is 0 Å². The second-order valence-corrected chi connectivity index (χ2v) is 10.8. The van der Waals surface area contributed by atoms with Crippen molar-refractivity contribution in [3.8, 4) is 11.9 Å². The van der Waals surface area contributed by atoms with E-state index in [2.05, 4.69) is 24.6 Å². The van der Waals surface area contributed by atoms with Gasteiger partial charge >= 0.3 is 6.01 Å². The summed E-state index contributed by atoms with van der Waals surface area (Å²) in [5.74, 6) is 0.895. The van der Waals surface area contributed by atoms with Gasteiger partial charge in [-0.05, 0) is 55.5 Å². The zero-order valence-corrected chi connectivity index (χ0v) is 22.1. The van der Waals surface area contributed by atoms with Crippen molar-refractivity contribution in [1.82, 2.24) is 15.1 Å². The number of rotatable bonds is 8. The van der Waals surface area contributed by atoms with Gasteiger partial charge in [0.1, 0.15) is 5.76 Å². The topological polar surface area (TPSA) is 215 Å². The molecule has 6 N–H and O–H groups in total. The zero-order valence-electron chi connectivity index (χ0n) is 20.4. The lowest BCUT2D eigenvalue weighted by Gasteiger charge is -2.09. The molecule has 0 fully saturated rings. The molecule has 0 amide bonds. The molecule has 4 rings (SSSR count). The Hall–Kier alpha value is -4.57. The maximum atomic E-state index is 12.2. The number of sulfonamides is 2. The lowest BCUT2D eigenvalue weighted by atomic mass is 10.3. The second-order valence-electron chi connectivity index (χ2n) is 7.45. The lowest BCUT2D eigenvalue weighted by molar-refractivity contribution is 0.353. The number of hydrogen-bond donors (Lipinski definition) is 4. The van der Waals surface area contributed by atoms with E-state index in [1.165, 1.54) is 74.9 Å². The summed E-state index contributed by atoms with van der Waals surface area (Å²) in [6.07, 6.45) is 0. The average Bonchev–Trinajstić information content (AvgIpc) is 3.28. The lowest BCUT2D eigenvalue weighted by Crippen LogP contribution is -2.14. The third-order valence-electron chi connectivity index (χ3n) is 4.56. The van der Waals surface area contributed by atoms with Crippen LogP contribution < -0.4 is 30.4 Å². The number of benzene rings is 2. The summed E-state index contributed by atoms with van der Waals surface area (Å²) in [6, 6.07) is 14.5. The van der Waals surface area contributed by atoms with Gasteiger partial charge in [-0.2, -0.15) is 9.97 Å². The van der Waals surface area contributed by atoms with Gasteiger partial charge in [0.2, 0.25) is 5.88 Å². The molecule has 202 valence electrons. The Kier molecular flexibility index (Phi) is 8.59. The van der Waals surface area contributed by atoms with E-state index < -0.39 is 20.0 Å². The molecule has 0 aliphatic heterocycles. The van der Waals surface area contributed by atoms with E-state index in [9.17, 15) is 16.8 Å². The van der Waals surface area contributed by atoms with Gasteiger partial charge in [0.25, 0.3) is 20.0 Å². The third-order valence-corrected chi connectivity index (χ3v) is 7.30. The van der Waals surface area contributed by atoms with E-state index in [1.807, 2.05) is 0 Å². The Morgan fingerprint density at radius 3 is 1.66 bits per heavy atom. The van der Waals surface area contributed by atoms with E-state index in [4.69, 9.17) is 25.5 Å². The molecule has 0 aliphatic rings. The molecule has 0 bridgehead atoms. The van der Waals surface area contributed by atoms with E-state index in [0.29, 0.717) is 17.1 Å². The summed E-state index contributed by atoms with van der Waals surface area (Å²) in [5, 5.41) is 3.55. The molecule has 0 radical (unpaired) electrons. The fourth-order valence-electron chi connectivity index (χ4n) is 2.75. The molecule has 2 heterocycles. The Balaban J connectivity index is 0.000000215. The minimum Gasteiger partial charge on any atom is -0.481 e. The van der Waals surface area contributed by atoms with Crippen LogP contribution in [0.1, 0.15) is 5.76 Å². The summed E-state index contributed by atoms with van der Waals surface area (Å²) < 4.78 is 67.4. The molecule has 16 heteroatoms.